The maximum Gasteiger partial charge on any atom is 0.200 e. The normalized spacial score (nSPS) is 36.9. The quantitative estimate of drug-likeness (QED) is 0.824. The third-order valence-corrected chi connectivity index (χ3v) is 5.61. The van der Waals surface area contributed by atoms with Crippen molar-refractivity contribution in [2.45, 2.75) is 51.0 Å². The lowest BCUT2D eigenvalue weighted by Crippen LogP contribution is -2.37. The minimum absolute atomic E-state index is 0.0199. The van der Waals surface area contributed by atoms with Gasteiger partial charge in [0.1, 0.15) is 0 Å². The summed E-state index contributed by atoms with van der Waals surface area (Å²) in [7, 11) is 0. The number of fused-ring (bicyclic) bond motifs is 1. The van der Waals surface area contributed by atoms with Gasteiger partial charge in [-0.1, -0.05) is 13.0 Å². The van der Waals surface area contributed by atoms with Gasteiger partial charge < -0.3 is 10.2 Å². The molecule has 2 N–H and O–H groups in total. The number of benzene rings is 1. The second-order valence-electron chi connectivity index (χ2n) is 6.57. The van der Waals surface area contributed by atoms with Crippen molar-refractivity contribution >= 4 is 0 Å². The molecule has 4 heteroatoms. The highest BCUT2D eigenvalue weighted by Gasteiger charge is 2.49. The first kappa shape index (κ1) is 13.8. The number of hydrogen-bond acceptors (Lipinski definition) is 2. The molecule has 0 bridgehead atoms. The van der Waals surface area contributed by atoms with E-state index in [2.05, 4.69) is 6.92 Å². The van der Waals surface area contributed by atoms with Gasteiger partial charge in [0.2, 0.25) is 5.82 Å². The van der Waals surface area contributed by atoms with Gasteiger partial charge in [0.05, 0.1) is 6.10 Å². The molecule has 2 saturated carbocycles. The topological polar surface area (TPSA) is 40.5 Å². The average Bonchev–Trinajstić information content (AvgIpc) is 2.72. The summed E-state index contributed by atoms with van der Waals surface area (Å²) in [6, 6.07) is 2.72. The third kappa shape index (κ3) is 1.93. The first-order valence-corrected chi connectivity index (χ1v) is 7.28. The van der Waals surface area contributed by atoms with E-state index >= 15 is 0 Å². The Hall–Kier alpha value is -1.16. The Bertz CT molecular complexity index is 531. The van der Waals surface area contributed by atoms with Gasteiger partial charge >= 0.3 is 0 Å². The molecule has 0 spiro atoms. The van der Waals surface area contributed by atoms with Crippen molar-refractivity contribution < 1.29 is 19.0 Å². The summed E-state index contributed by atoms with van der Waals surface area (Å²) in [4.78, 5) is 0. The molecule has 2 fully saturated rings. The molecule has 0 amide bonds. The van der Waals surface area contributed by atoms with Crippen molar-refractivity contribution in [2.24, 2.45) is 11.3 Å². The number of phenolic OH excluding ortho intramolecular Hbond substituents is 1. The van der Waals surface area contributed by atoms with E-state index in [9.17, 15) is 19.0 Å². The van der Waals surface area contributed by atoms with E-state index in [-0.39, 0.29) is 17.4 Å². The summed E-state index contributed by atoms with van der Waals surface area (Å²) >= 11 is 0. The van der Waals surface area contributed by atoms with Gasteiger partial charge in [0, 0.05) is 0 Å². The largest absolute Gasteiger partial charge is 0.505 e. The second kappa shape index (κ2) is 4.69. The van der Waals surface area contributed by atoms with E-state index in [4.69, 9.17) is 0 Å². The summed E-state index contributed by atoms with van der Waals surface area (Å²) in [5.74, 6) is -2.36. The van der Waals surface area contributed by atoms with E-state index in [1.54, 1.807) is 0 Å². The van der Waals surface area contributed by atoms with Crippen LogP contribution in [0.1, 0.15) is 50.5 Å². The molecular formula is C16H20F2O2. The van der Waals surface area contributed by atoms with Crippen molar-refractivity contribution in [1.82, 2.24) is 0 Å². The third-order valence-electron chi connectivity index (χ3n) is 5.61. The van der Waals surface area contributed by atoms with Crippen LogP contribution >= 0.6 is 0 Å². The van der Waals surface area contributed by atoms with Crippen LogP contribution in [0.15, 0.2) is 12.1 Å². The van der Waals surface area contributed by atoms with Gasteiger partial charge in [-0.25, -0.2) is 4.39 Å². The van der Waals surface area contributed by atoms with E-state index in [1.165, 1.54) is 12.1 Å². The van der Waals surface area contributed by atoms with Crippen LogP contribution in [0.25, 0.3) is 0 Å². The molecule has 0 heterocycles. The van der Waals surface area contributed by atoms with E-state index in [1.807, 2.05) is 0 Å². The number of halogens is 2. The number of hydrogen-bond donors (Lipinski definition) is 2. The SMILES string of the molecule is C[C@]12CC[C@H](c3ccc(O)c(F)c3F)C[C@H]1CC[C@@H]2O. The van der Waals surface area contributed by atoms with Crippen LogP contribution in [0.4, 0.5) is 8.78 Å². The summed E-state index contributed by atoms with van der Waals surface area (Å²) < 4.78 is 27.5. The number of aliphatic hydroxyl groups is 1. The lowest BCUT2D eigenvalue weighted by Gasteiger charge is -2.42. The molecule has 110 valence electrons. The van der Waals surface area contributed by atoms with Crippen molar-refractivity contribution in [3.8, 4) is 5.75 Å². The Morgan fingerprint density at radius 2 is 1.90 bits per heavy atom. The Kier molecular flexibility index (Phi) is 3.24. The minimum Gasteiger partial charge on any atom is -0.505 e. The van der Waals surface area contributed by atoms with Gasteiger partial charge in [0.25, 0.3) is 0 Å². The number of aliphatic hydroxyl groups excluding tert-OH is 1. The van der Waals surface area contributed by atoms with Crippen LogP contribution in [0.5, 0.6) is 5.75 Å². The van der Waals surface area contributed by atoms with Gasteiger partial charge in [-0.05, 0) is 61.0 Å². The average molecular weight is 282 g/mol. The highest BCUT2D eigenvalue weighted by molar-refractivity contribution is 5.32. The van der Waals surface area contributed by atoms with Crippen LogP contribution in [-0.2, 0) is 0 Å². The first-order chi connectivity index (χ1) is 9.43. The maximum absolute atomic E-state index is 14.0. The van der Waals surface area contributed by atoms with E-state index in [0.717, 1.165) is 32.1 Å². The van der Waals surface area contributed by atoms with Crippen molar-refractivity contribution in [3.05, 3.63) is 29.3 Å². The fraction of sp³-hybridized carbons (Fsp3) is 0.625. The van der Waals surface area contributed by atoms with Crippen LogP contribution < -0.4 is 0 Å². The minimum atomic E-state index is -1.15. The summed E-state index contributed by atoms with van der Waals surface area (Å²) in [5, 5.41) is 19.3. The predicted octanol–water partition coefficient (Wildman–Crippen LogP) is 3.72. The zero-order valence-electron chi connectivity index (χ0n) is 11.6. The molecule has 1 aromatic carbocycles. The molecule has 2 aliphatic carbocycles. The zero-order chi connectivity index (χ0) is 14.5. The summed E-state index contributed by atoms with van der Waals surface area (Å²) in [5.41, 5.74) is 0.298. The Labute approximate surface area is 117 Å². The maximum atomic E-state index is 14.0. The fourth-order valence-electron chi connectivity index (χ4n) is 4.15. The first-order valence-electron chi connectivity index (χ1n) is 7.28. The lowest BCUT2D eigenvalue weighted by molar-refractivity contribution is 0.00839. The van der Waals surface area contributed by atoms with Crippen LogP contribution in [0.3, 0.4) is 0 Å². The molecule has 4 atom stereocenters. The van der Waals surface area contributed by atoms with Crippen LogP contribution in [-0.4, -0.2) is 16.3 Å². The molecule has 2 aliphatic rings. The molecule has 0 unspecified atom stereocenters. The van der Waals surface area contributed by atoms with E-state index in [0.29, 0.717) is 11.5 Å². The molecule has 1 aromatic rings. The van der Waals surface area contributed by atoms with Crippen molar-refractivity contribution in [1.29, 1.82) is 0 Å². The van der Waals surface area contributed by atoms with Crippen molar-refractivity contribution in [2.75, 3.05) is 0 Å². The zero-order valence-corrected chi connectivity index (χ0v) is 11.6. The Balaban J connectivity index is 1.86. The van der Waals surface area contributed by atoms with E-state index < -0.39 is 17.4 Å². The Morgan fingerprint density at radius 1 is 1.15 bits per heavy atom. The van der Waals surface area contributed by atoms with Gasteiger partial charge in [-0.2, -0.15) is 4.39 Å². The Morgan fingerprint density at radius 3 is 2.65 bits per heavy atom. The summed E-state index contributed by atoms with van der Waals surface area (Å²) in [6.45, 7) is 2.11. The predicted molar refractivity (Wildman–Crippen MR) is 71.5 cm³/mol. The second-order valence-corrected chi connectivity index (χ2v) is 6.57. The number of rotatable bonds is 1. The van der Waals surface area contributed by atoms with Gasteiger partial charge in [0.15, 0.2) is 11.6 Å². The number of aromatic hydroxyl groups is 1. The monoisotopic (exact) mass is 282 g/mol. The number of phenols is 1. The summed E-state index contributed by atoms with van der Waals surface area (Å²) in [6.07, 6.45) is 3.87. The van der Waals surface area contributed by atoms with Gasteiger partial charge in [-0.15, -0.1) is 0 Å². The molecule has 2 nitrogen and oxygen atoms in total. The molecule has 3 rings (SSSR count). The molecule has 0 aliphatic heterocycles. The lowest BCUT2D eigenvalue weighted by atomic mass is 9.64. The molecule has 0 aromatic heterocycles. The van der Waals surface area contributed by atoms with Gasteiger partial charge in [-0.3, -0.25) is 0 Å². The smallest absolute Gasteiger partial charge is 0.200 e. The standard InChI is InChI=1S/C16H20F2O2/c1-16-7-6-9(8-10(16)2-5-13(16)20)11-3-4-12(19)15(18)14(11)17/h3-4,9-10,13,19-20H,2,5-8H2,1H3/t9-,10+,13-,16-/m0/s1. The molecule has 0 radical (unpaired) electrons. The van der Waals surface area contributed by atoms with Crippen molar-refractivity contribution in [3.63, 3.8) is 0 Å². The fourth-order valence-corrected chi connectivity index (χ4v) is 4.15. The molecule has 20 heavy (non-hydrogen) atoms. The highest BCUT2D eigenvalue weighted by atomic mass is 19.2. The molecule has 0 saturated heterocycles. The molecular weight excluding hydrogens is 262 g/mol. The van der Waals surface area contributed by atoms with Crippen LogP contribution in [0.2, 0.25) is 0 Å². The van der Waals surface area contributed by atoms with Crippen LogP contribution in [0, 0.1) is 23.0 Å². The highest BCUT2D eigenvalue weighted by Crippen LogP contribution is 2.55.